The summed E-state index contributed by atoms with van der Waals surface area (Å²) in [6.07, 6.45) is 6.86. The van der Waals surface area contributed by atoms with Crippen molar-refractivity contribution in [2.75, 3.05) is 53.7 Å². The number of carbonyl (C=O) groups is 2. The van der Waals surface area contributed by atoms with Crippen LogP contribution in [-0.4, -0.2) is 121 Å². The second-order valence-corrected chi connectivity index (χ2v) is 19.0. The van der Waals surface area contributed by atoms with Crippen molar-refractivity contribution in [3.05, 3.63) is 83.0 Å². The van der Waals surface area contributed by atoms with Gasteiger partial charge in [-0.05, 0) is 109 Å². The second-order valence-electron chi connectivity index (χ2n) is 15.2. The molecule has 0 aliphatic heterocycles. The molecule has 1 radical (unpaired) electrons. The molecule has 0 amide bonds. The molecule has 2 aromatic heterocycles. The van der Waals surface area contributed by atoms with E-state index < -0.39 is 44.2 Å². The zero-order valence-electron chi connectivity index (χ0n) is 38.2. The number of ether oxygens (including phenoxy) is 5. The first-order valence-corrected chi connectivity index (χ1v) is 22.9. The summed E-state index contributed by atoms with van der Waals surface area (Å²) < 4.78 is 87.0. The van der Waals surface area contributed by atoms with Crippen molar-refractivity contribution in [2.45, 2.75) is 104 Å². The molecule has 0 unspecified atom stereocenters. The second kappa shape index (κ2) is 25.3. The first kappa shape index (κ1) is 55.7. The molecule has 0 atom stereocenters. The van der Waals surface area contributed by atoms with Gasteiger partial charge in [0, 0.05) is 95.0 Å². The van der Waals surface area contributed by atoms with E-state index in [-0.39, 0.29) is 99.9 Å². The van der Waals surface area contributed by atoms with Crippen molar-refractivity contribution < 1.29 is 99.3 Å². The summed E-state index contributed by atoms with van der Waals surface area (Å²) in [7, 11) is -4.71. The molecular formula is C42H62AcN6O12S2. The molecule has 0 bridgehead atoms. The molecular weight excluding hydrogens is 1070 g/mol. The van der Waals surface area contributed by atoms with Gasteiger partial charge < -0.3 is 37.9 Å². The van der Waals surface area contributed by atoms with Gasteiger partial charge in [0.15, 0.2) is 0 Å². The van der Waals surface area contributed by atoms with Crippen LogP contribution in [0.3, 0.4) is 0 Å². The van der Waals surface area contributed by atoms with Gasteiger partial charge >= 0.3 is 11.9 Å². The van der Waals surface area contributed by atoms with Crippen molar-refractivity contribution in [1.82, 2.24) is 27.7 Å². The van der Waals surface area contributed by atoms with Crippen molar-refractivity contribution in [1.29, 1.82) is 0 Å². The Morgan fingerprint density at radius 3 is 1.37 bits per heavy atom. The van der Waals surface area contributed by atoms with E-state index in [1.807, 2.05) is 29.2 Å². The summed E-state index contributed by atoms with van der Waals surface area (Å²) >= 11 is 0. The fourth-order valence-corrected chi connectivity index (χ4v) is 10.2. The number of aromatic nitrogens is 4. The number of esters is 1. The molecule has 0 saturated carbocycles. The Labute approximate surface area is 407 Å². The molecule has 18 nitrogen and oxygen atoms in total. The van der Waals surface area contributed by atoms with Gasteiger partial charge in [-0.2, -0.15) is 8.61 Å². The molecule has 0 saturated heterocycles. The number of methoxy groups -OCH3 is 2. The van der Waals surface area contributed by atoms with Gasteiger partial charge in [0.25, 0.3) is 0 Å². The van der Waals surface area contributed by atoms with E-state index in [9.17, 15) is 26.4 Å². The normalized spacial score (nSPS) is 11.8. The van der Waals surface area contributed by atoms with Crippen molar-refractivity contribution in [2.24, 2.45) is 0 Å². The van der Waals surface area contributed by atoms with Crippen LogP contribution in [0.2, 0.25) is 0 Å². The summed E-state index contributed by atoms with van der Waals surface area (Å²) in [4.78, 5) is 31.6. The monoisotopic (exact) mass is 1130 g/mol. The van der Waals surface area contributed by atoms with E-state index in [2.05, 4.69) is 9.97 Å². The van der Waals surface area contributed by atoms with Gasteiger partial charge in [0.2, 0.25) is 20.0 Å². The molecule has 4 aromatic rings. The number of imidazole rings is 2. The third-order valence-electron chi connectivity index (χ3n) is 9.29. The fourth-order valence-electron chi connectivity index (χ4n) is 6.59. The maximum absolute atomic E-state index is 13.7. The predicted octanol–water partition coefficient (Wildman–Crippen LogP) is 4.90. The fraction of sp³-hybridized carbons (Fsp3) is 0.524. The first-order valence-electron chi connectivity index (χ1n) is 20.0. The number of aryl methyl sites for hydroxylation is 6. The van der Waals surface area contributed by atoms with Crippen LogP contribution in [0.1, 0.15) is 68.5 Å². The minimum atomic E-state index is -3.89. The van der Waals surface area contributed by atoms with E-state index in [1.54, 1.807) is 98.4 Å². The van der Waals surface area contributed by atoms with Crippen LogP contribution in [-0.2, 0) is 70.0 Å². The summed E-state index contributed by atoms with van der Waals surface area (Å²) in [6.45, 7) is 16.9. The smallest absolute Gasteiger partial charge is 0.332 e. The number of carboxylic acids is 1. The van der Waals surface area contributed by atoms with Crippen LogP contribution < -0.4 is 9.47 Å². The average molecular weight is 1130 g/mol. The van der Waals surface area contributed by atoms with Gasteiger partial charge in [-0.15, -0.1) is 0 Å². The van der Waals surface area contributed by atoms with Crippen LogP contribution in [0.4, 0.5) is 0 Å². The number of carbonyl (C=O) groups excluding carboxylic acids is 1. The molecule has 63 heavy (non-hydrogen) atoms. The molecule has 2 heterocycles. The van der Waals surface area contributed by atoms with Gasteiger partial charge in [-0.3, -0.25) is 0 Å². The minimum Gasteiger partial charge on any atom is -0.497 e. The number of rotatable bonds is 22. The molecule has 0 aliphatic carbocycles. The molecule has 0 fully saturated rings. The SMILES string of the molecule is CCn1ccnc1CN(CCOCC(=O)O)S(=O)(=O)c1c(C)cc(OC)cc1C.CCn1ccnc1CN(CCOCC(=O)OC(C)(C)C)S(=O)(=O)c1c(C)cc(OC)cc1C.[Ac]. The van der Waals surface area contributed by atoms with Crippen LogP contribution in [0.15, 0.2) is 58.8 Å². The molecule has 0 aliphatic rings. The molecule has 4 rings (SSSR count). The Morgan fingerprint density at radius 2 is 1.05 bits per heavy atom. The number of sulfonamides is 2. The van der Waals surface area contributed by atoms with E-state index in [0.717, 1.165) is 0 Å². The Hall–Kier alpha value is -3.42. The molecule has 0 spiro atoms. The molecule has 1 N–H and O–H groups in total. The average Bonchev–Trinajstić information content (AvgIpc) is 3.84. The number of nitrogens with zero attached hydrogens (tertiary/aromatic N) is 6. The van der Waals surface area contributed by atoms with Crippen molar-refractivity contribution >= 4 is 32.0 Å². The number of hydrogen-bond donors (Lipinski definition) is 1. The van der Waals surface area contributed by atoms with Crippen LogP contribution in [0.5, 0.6) is 11.5 Å². The van der Waals surface area contributed by atoms with E-state index in [1.165, 1.54) is 15.7 Å². The maximum atomic E-state index is 13.7. The third-order valence-corrected chi connectivity index (χ3v) is 13.6. The first-order chi connectivity index (χ1) is 29.1. The van der Waals surface area contributed by atoms with Gasteiger partial charge in [0.1, 0.15) is 42.0 Å². The zero-order valence-corrected chi connectivity index (χ0v) is 44.6. The summed E-state index contributed by atoms with van der Waals surface area (Å²) in [5.41, 5.74) is 1.70. The van der Waals surface area contributed by atoms with Crippen LogP contribution in [0.25, 0.3) is 0 Å². The standard InChI is InChI=1S/C23H35N3O6S.C19H27N3O6S.Ac/c1-8-25-10-9-24-20(25)15-26(11-12-31-16-21(27)32-23(4,5)6)33(28,29)22-17(2)13-19(30-7)14-18(22)3;1-5-21-7-6-20-17(21)12-22(8-9-28-13-18(23)24)29(25,26)19-14(2)10-16(27-4)11-15(19)3;/h9-10,13-14H,8,11-12,15-16H2,1-7H3;6-7,10-11H,5,8-9,12-13H2,1-4H3,(H,23,24);. The topological polar surface area (TPSA) is 211 Å². The van der Waals surface area contributed by atoms with Gasteiger partial charge in [0.05, 0.1) is 50.3 Å². The summed E-state index contributed by atoms with van der Waals surface area (Å²) in [6, 6.07) is 6.74. The number of carboxylic acid groups (broad SMARTS) is 1. The van der Waals surface area contributed by atoms with Gasteiger partial charge in [-0.1, -0.05) is 0 Å². The Bertz CT molecular complexity index is 2300. The zero-order chi connectivity index (χ0) is 46.4. The number of benzene rings is 2. The molecule has 21 heteroatoms. The van der Waals surface area contributed by atoms with Crippen LogP contribution >= 0.6 is 0 Å². The predicted molar refractivity (Wildman–Crippen MR) is 231 cm³/mol. The van der Waals surface area contributed by atoms with E-state index in [0.29, 0.717) is 58.5 Å². The summed E-state index contributed by atoms with van der Waals surface area (Å²) in [5, 5.41) is 8.73. The third kappa shape index (κ3) is 16.2. The Kier molecular flexibility index (Phi) is 22.4. The van der Waals surface area contributed by atoms with Crippen LogP contribution in [0, 0.1) is 71.8 Å². The Balaban J connectivity index is 0.000000430. The van der Waals surface area contributed by atoms with Crippen molar-refractivity contribution in [3.63, 3.8) is 0 Å². The Morgan fingerprint density at radius 1 is 0.683 bits per heavy atom. The van der Waals surface area contributed by atoms with Gasteiger partial charge in [-0.25, -0.2) is 36.4 Å². The molecule has 347 valence electrons. The number of hydrogen-bond acceptors (Lipinski definition) is 13. The van der Waals surface area contributed by atoms with E-state index >= 15 is 0 Å². The minimum absolute atomic E-state index is 0. The number of aliphatic carboxylic acids is 1. The maximum Gasteiger partial charge on any atom is 0.332 e. The largest absolute Gasteiger partial charge is 0.497 e. The van der Waals surface area contributed by atoms with E-state index in [4.69, 9.17) is 28.8 Å². The van der Waals surface area contributed by atoms with Crippen molar-refractivity contribution in [3.8, 4) is 11.5 Å². The molecule has 2 aromatic carbocycles. The summed E-state index contributed by atoms with van der Waals surface area (Å²) in [5.74, 6) is 0.785. The quantitative estimate of drug-likeness (QED) is 0.0821.